The van der Waals surface area contributed by atoms with Crippen LogP contribution in [0.5, 0.6) is 5.75 Å². The number of hydrogen-bond donors (Lipinski definition) is 1. The zero-order valence-corrected chi connectivity index (χ0v) is 9.15. The topological polar surface area (TPSA) is 89.7 Å². The van der Waals surface area contributed by atoms with Crippen molar-refractivity contribution >= 4 is 27.6 Å². The van der Waals surface area contributed by atoms with Gasteiger partial charge < -0.3 is 9.84 Å². The Morgan fingerprint density at radius 1 is 1.60 bits per heavy atom. The molecule has 0 saturated heterocycles. The van der Waals surface area contributed by atoms with Crippen molar-refractivity contribution in [2.24, 2.45) is 0 Å². The van der Waals surface area contributed by atoms with E-state index in [4.69, 9.17) is 9.84 Å². The standard InChI is InChI=1S/C8H6BrNO5/c1-15-7-3-5(9)6(10(13)14)2-4(7)8(11)12/h2-3H,1H3,(H,11,12). The van der Waals surface area contributed by atoms with Gasteiger partial charge in [-0.15, -0.1) is 0 Å². The summed E-state index contributed by atoms with van der Waals surface area (Å²) in [5.74, 6) is -1.21. The lowest BCUT2D eigenvalue weighted by Gasteiger charge is -2.05. The van der Waals surface area contributed by atoms with Gasteiger partial charge in [0.25, 0.3) is 5.69 Å². The number of nitro groups is 1. The summed E-state index contributed by atoms with van der Waals surface area (Å²) in [6.07, 6.45) is 0. The molecule has 1 aromatic rings. The Morgan fingerprint density at radius 2 is 2.20 bits per heavy atom. The van der Waals surface area contributed by atoms with Crippen LogP contribution in [0.2, 0.25) is 0 Å². The molecule has 0 aromatic heterocycles. The van der Waals surface area contributed by atoms with Gasteiger partial charge in [0.15, 0.2) is 0 Å². The second-order valence-corrected chi connectivity index (χ2v) is 3.42. The van der Waals surface area contributed by atoms with Crippen LogP contribution in [0.15, 0.2) is 16.6 Å². The summed E-state index contributed by atoms with van der Waals surface area (Å²) in [7, 11) is 1.29. The number of hydrogen-bond acceptors (Lipinski definition) is 4. The normalized spacial score (nSPS) is 9.73. The molecule has 0 aliphatic rings. The number of benzene rings is 1. The Hall–Kier alpha value is -1.63. The number of aromatic carboxylic acids is 1. The van der Waals surface area contributed by atoms with Crippen molar-refractivity contribution in [3.63, 3.8) is 0 Å². The average molecular weight is 276 g/mol. The van der Waals surface area contributed by atoms with Crippen molar-refractivity contribution in [1.29, 1.82) is 0 Å². The molecule has 0 spiro atoms. The molecular weight excluding hydrogens is 270 g/mol. The van der Waals surface area contributed by atoms with Crippen LogP contribution in [0, 0.1) is 10.1 Å². The molecule has 0 aliphatic heterocycles. The van der Waals surface area contributed by atoms with Gasteiger partial charge in [-0.25, -0.2) is 4.79 Å². The van der Waals surface area contributed by atoms with E-state index in [9.17, 15) is 14.9 Å². The van der Waals surface area contributed by atoms with Crippen LogP contribution in [0.25, 0.3) is 0 Å². The SMILES string of the molecule is COc1cc(Br)c([N+](=O)[O-])cc1C(=O)O. The zero-order valence-electron chi connectivity index (χ0n) is 7.56. The number of carboxylic acid groups (broad SMARTS) is 1. The van der Waals surface area contributed by atoms with Gasteiger partial charge in [-0.2, -0.15) is 0 Å². The fourth-order valence-electron chi connectivity index (χ4n) is 1.02. The molecule has 7 heteroatoms. The van der Waals surface area contributed by atoms with Gasteiger partial charge >= 0.3 is 5.97 Å². The molecule has 6 nitrogen and oxygen atoms in total. The third-order valence-electron chi connectivity index (χ3n) is 1.70. The van der Waals surface area contributed by atoms with Crippen LogP contribution in [-0.4, -0.2) is 23.1 Å². The molecule has 0 atom stereocenters. The van der Waals surface area contributed by atoms with Crippen LogP contribution in [0.3, 0.4) is 0 Å². The van der Waals surface area contributed by atoms with E-state index in [1.165, 1.54) is 13.2 Å². The maximum atomic E-state index is 10.7. The number of methoxy groups -OCH3 is 1. The fourth-order valence-corrected chi connectivity index (χ4v) is 1.49. The fraction of sp³-hybridized carbons (Fsp3) is 0.125. The maximum absolute atomic E-state index is 10.7. The van der Waals surface area contributed by atoms with Crippen LogP contribution in [0.1, 0.15) is 10.4 Å². The first kappa shape index (κ1) is 11.4. The zero-order chi connectivity index (χ0) is 11.6. The number of rotatable bonds is 3. The van der Waals surface area contributed by atoms with Gasteiger partial charge in [0.2, 0.25) is 0 Å². The Labute approximate surface area is 92.8 Å². The number of halogens is 1. The molecular formula is C8H6BrNO5. The first-order valence-electron chi connectivity index (χ1n) is 3.72. The smallest absolute Gasteiger partial charge is 0.339 e. The van der Waals surface area contributed by atoms with Gasteiger partial charge in [-0.05, 0) is 15.9 Å². The average Bonchev–Trinajstić information content (AvgIpc) is 2.16. The third-order valence-corrected chi connectivity index (χ3v) is 2.33. The highest BCUT2D eigenvalue weighted by Gasteiger charge is 2.20. The molecule has 0 bridgehead atoms. The van der Waals surface area contributed by atoms with Crippen molar-refractivity contribution < 1.29 is 19.6 Å². The van der Waals surface area contributed by atoms with Gasteiger partial charge in [-0.1, -0.05) is 0 Å². The van der Waals surface area contributed by atoms with E-state index in [0.29, 0.717) is 0 Å². The van der Waals surface area contributed by atoms with E-state index in [0.717, 1.165) is 6.07 Å². The third kappa shape index (κ3) is 2.24. The van der Waals surface area contributed by atoms with Gasteiger partial charge in [0.1, 0.15) is 11.3 Å². The summed E-state index contributed by atoms with van der Waals surface area (Å²) >= 11 is 2.96. The van der Waals surface area contributed by atoms with E-state index in [2.05, 4.69) is 15.9 Å². The second kappa shape index (κ2) is 4.26. The van der Waals surface area contributed by atoms with Crippen LogP contribution in [0.4, 0.5) is 5.69 Å². The molecule has 0 radical (unpaired) electrons. The van der Waals surface area contributed by atoms with Crippen LogP contribution in [-0.2, 0) is 0 Å². The summed E-state index contributed by atoms with van der Waals surface area (Å²) in [5.41, 5.74) is -0.555. The minimum Gasteiger partial charge on any atom is -0.496 e. The predicted molar refractivity (Wildman–Crippen MR) is 54.3 cm³/mol. The summed E-state index contributed by atoms with van der Waals surface area (Å²) in [5, 5.41) is 19.3. The molecule has 1 aromatic carbocycles. The molecule has 0 heterocycles. The van der Waals surface area contributed by atoms with Gasteiger partial charge in [-0.3, -0.25) is 10.1 Å². The number of ether oxygens (including phenoxy) is 1. The maximum Gasteiger partial charge on any atom is 0.339 e. The number of carbonyl (C=O) groups is 1. The van der Waals surface area contributed by atoms with Crippen molar-refractivity contribution in [1.82, 2.24) is 0 Å². The van der Waals surface area contributed by atoms with E-state index in [1.54, 1.807) is 0 Å². The largest absolute Gasteiger partial charge is 0.496 e. The Balaban J connectivity index is 3.43. The molecule has 0 amide bonds. The monoisotopic (exact) mass is 275 g/mol. The molecule has 80 valence electrons. The van der Waals surface area contributed by atoms with Crippen molar-refractivity contribution in [2.75, 3.05) is 7.11 Å². The predicted octanol–water partition coefficient (Wildman–Crippen LogP) is 2.06. The summed E-state index contributed by atoms with van der Waals surface area (Å²) in [4.78, 5) is 20.6. The number of nitrogens with zero attached hydrogens (tertiary/aromatic N) is 1. The van der Waals surface area contributed by atoms with Gasteiger partial charge in [0.05, 0.1) is 16.5 Å². The van der Waals surface area contributed by atoms with E-state index >= 15 is 0 Å². The van der Waals surface area contributed by atoms with E-state index < -0.39 is 10.9 Å². The quantitative estimate of drug-likeness (QED) is 0.674. The van der Waals surface area contributed by atoms with Crippen LogP contribution < -0.4 is 4.74 Å². The van der Waals surface area contributed by atoms with Gasteiger partial charge in [0, 0.05) is 12.1 Å². The summed E-state index contributed by atoms with van der Waals surface area (Å²) in [6, 6.07) is 2.20. The Bertz CT molecular complexity index is 431. The van der Waals surface area contributed by atoms with Crippen molar-refractivity contribution in [3.8, 4) is 5.75 Å². The first-order chi connectivity index (χ1) is 6.97. The molecule has 0 saturated carbocycles. The highest BCUT2D eigenvalue weighted by molar-refractivity contribution is 9.10. The number of nitro benzene ring substituents is 1. The lowest BCUT2D eigenvalue weighted by Crippen LogP contribution is -2.02. The molecule has 1 rings (SSSR count). The number of carboxylic acids is 1. The molecule has 0 fully saturated rings. The Morgan fingerprint density at radius 3 is 2.60 bits per heavy atom. The lowest BCUT2D eigenvalue weighted by molar-refractivity contribution is -0.385. The lowest BCUT2D eigenvalue weighted by atomic mass is 10.2. The first-order valence-corrected chi connectivity index (χ1v) is 4.52. The molecule has 1 N–H and O–H groups in total. The highest BCUT2D eigenvalue weighted by atomic mass is 79.9. The minimum absolute atomic E-state index is 0.0694. The summed E-state index contributed by atoms with van der Waals surface area (Å²) in [6.45, 7) is 0. The molecule has 0 unspecified atom stereocenters. The second-order valence-electron chi connectivity index (χ2n) is 2.57. The highest BCUT2D eigenvalue weighted by Crippen LogP contribution is 2.32. The summed E-state index contributed by atoms with van der Waals surface area (Å²) < 4.78 is 4.96. The van der Waals surface area contributed by atoms with E-state index in [-0.39, 0.29) is 21.5 Å². The Kier molecular flexibility index (Phi) is 3.25. The van der Waals surface area contributed by atoms with Crippen molar-refractivity contribution in [2.45, 2.75) is 0 Å². The molecule has 15 heavy (non-hydrogen) atoms. The van der Waals surface area contributed by atoms with Crippen LogP contribution >= 0.6 is 15.9 Å². The van der Waals surface area contributed by atoms with E-state index in [1.807, 2.05) is 0 Å². The minimum atomic E-state index is -1.28. The molecule has 0 aliphatic carbocycles. The van der Waals surface area contributed by atoms with Crippen molar-refractivity contribution in [3.05, 3.63) is 32.3 Å².